The van der Waals surface area contributed by atoms with Gasteiger partial charge in [0.15, 0.2) is 11.5 Å². The normalized spacial score (nSPS) is 24.6. The van der Waals surface area contributed by atoms with Crippen LogP contribution in [0.5, 0.6) is 11.5 Å². The lowest BCUT2D eigenvalue weighted by molar-refractivity contribution is -0.199. The first-order valence-corrected chi connectivity index (χ1v) is 12.8. The molecule has 0 amide bonds. The minimum atomic E-state index is -0.465. The van der Waals surface area contributed by atoms with Crippen LogP contribution in [0.15, 0.2) is 36.7 Å². The molecule has 2 bridgehead atoms. The molecule has 3 aromatic rings. The fraction of sp³-hybridized carbons (Fsp3) is 0.500. The fourth-order valence-electron chi connectivity index (χ4n) is 6.65. The van der Waals surface area contributed by atoms with E-state index in [9.17, 15) is 4.39 Å². The van der Waals surface area contributed by atoms with Crippen molar-refractivity contribution in [2.75, 3.05) is 19.0 Å². The van der Waals surface area contributed by atoms with Crippen LogP contribution in [-0.4, -0.2) is 23.7 Å². The fourth-order valence-corrected chi connectivity index (χ4v) is 6.83. The molecule has 0 radical (unpaired) electrons. The van der Waals surface area contributed by atoms with Crippen LogP contribution in [0.3, 0.4) is 0 Å². The predicted octanol–water partition coefficient (Wildman–Crippen LogP) is 7.80. The summed E-state index contributed by atoms with van der Waals surface area (Å²) in [5.41, 5.74) is 2.22. The van der Waals surface area contributed by atoms with Crippen molar-refractivity contribution < 1.29 is 13.9 Å². The van der Waals surface area contributed by atoms with E-state index in [1.165, 1.54) is 44.1 Å². The predicted molar refractivity (Wildman–Crippen MR) is 138 cm³/mol. The summed E-state index contributed by atoms with van der Waals surface area (Å²) in [5, 5.41) is 4.05. The van der Waals surface area contributed by atoms with Crippen LogP contribution in [0, 0.1) is 28.5 Å². The van der Waals surface area contributed by atoms with Crippen molar-refractivity contribution in [3.05, 3.63) is 47.5 Å². The number of anilines is 2. The van der Waals surface area contributed by atoms with Crippen molar-refractivity contribution in [1.82, 2.24) is 9.97 Å². The maximum absolute atomic E-state index is 13.6. The maximum Gasteiger partial charge on any atom is 0.162 e. The van der Waals surface area contributed by atoms with Gasteiger partial charge in [-0.2, -0.15) is 0 Å². The number of nitrogens with one attached hydrogen (secondary N) is 1. The van der Waals surface area contributed by atoms with Crippen molar-refractivity contribution in [2.24, 2.45) is 22.7 Å². The number of rotatable bonds is 8. The zero-order valence-corrected chi connectivity index (χ0v) is 21.6. The Morgan fingerprint density at radius 3 is 2.69 bits per heavy atom. The number of nitrogens with zero attached hydrogens (tertiary/aromatic N) is 2. The number of benzene rings is 2. The van der Waals surface area contributed by atoms with E-state index in [-0.39, 0.29) is 5.02 Å². The second-order valence-corrected chi connectivity index (χ2v) is 11.1. The summed E-state index contributed by atoms with van der Waals surface area (Å²) in [5.74, 6) is 3.07. The van der Waals surface area contributed by atoms with E-state index in [0.717, 1.165) is 29.2 Å². The molecule has 3 unspecified atom stereocenters. The van der Waals surface area contributed by atoms with E-state index in [2.05, 4.69) is 36.1 Å². The minimum absolute atomic E-state index is 0.0479. The molecule has 35 heavy (non-hydrogen) atoms. The standard InChI is InChI=1S/C28H33ClFN3O2/c1-17-6-7-18-15-28(17,27(18,2)3)10-5-11-35-25-13-20-23(14-24(25)34-4)31-16-32-26(20)33-19-8-9-22(30)21(29)12-19/h8-9,12-14,16-18H,5-7,10-11,15H2,1-4H3,(H,31,32,33). The third-order valence-corrected chi connectivity index (χ3v) is 9.22. The Balaban J connectivity index is 1.33. The topological polar surface area (TPSA) is 56.3 Å². The highest BCUT2D eigenvalue weighted by atomic mass is 35.5. The number of hydrogen-bond acceptors (Lipinski definition) is 5. The summed E-state index contributed by atoms with van der Waals surface area (Å²) >= 11 is 5.95. The molecular formula is C28H33ClFN3O2. The van der Waals surface area contributed by atoms with Crippen LogP contribution < -0.4 is 14.8 Å². The van der Waals surface area contributed by atoms with Crippen molar-refractivity contribution in [1.29, 1.82) is 0 Å². The molecule has 6 rings (SSSR count). The Bertz CT molecular complexity index is 1250. The van der Waals surface area contributed by atoms with E-state index >= 15 is 0 Å². The second-order valence-electron chi connectivity index (χ2n) is 10.7. The highest BCUT2D eigenvalue weighted by molar-refractivity contribution is 6.31. The largest absolute Gasteiger partial charge is 0.493 e. The average Bonchev–Trinajstić information content (AvgIpc) is 2.84. The lowest BCUT2D eigenvalue weighted by Gasteiger charge is -2.69. The summed E-state index contributed by atoms with van der Waals surface area (Å²) in [6.45, 7) is 7.99. The summed E-state index contributed by atoms with van der Waals surface area (Å²) in [4.78, 5) is 8.78. The molecule has 7 heteroatoms. The number of halogens is 2. The summed E-state index contributed by atoms with van der Waals surface area (Å²) in [6, 6.07) is 8.24. The van der Waals surface area contributed by atoms with Crippen LogP contribution in [0.25, 0.3) is 10.9 Å². The Hall–Kier alpha value is -2.60. The number of ether oxygens (including phenoxy) is 2. The van der Waals surface area contributed by atoms with E-state index in [1.807, 2.05) is 12.1 Å². The molecule has 2 aromatic carbocycles. The molecule has 186 valence electrons. The lowest BCUT2D eigenvalue weighted by atomic mass is 9.36. The highest BCUT2D eigenvalue weighted by Gasteiger charge is 2.63. The van der Waals surface area contributed by atoms with Gasteiger partial charge >= 0.3 is 0 Å². The number of fused-ring (bicyclic) bond motifs is 3. The van der Waals surface area contributed by atoms with Gasteiger partial charge < -0.3 is 14.8 Å². The van der Waals surface area contributed by atoms with E-state index < -0.39 is 5.82 Å². The van der Waals surface area contributed by atoms with Gasteiger partial charge in [0.2, 0.25) is 0 Å². The molecule has 3 aliphatic carbocycles. The van der Waals surface area contributed by atoms with Crippen LogP contribution in [-0.2, 0) is 0 Å². The minimum Gasteiger partial charge on any atom is -0.493 e. The molecule has 1 aromatic heterocycles. The summed E-state index contributed by atoms with van der Waals surface area (Å²) in [6.07, 6.45) is 7.76. The van der Waals surface area contributed by atoms with Crippen LogP contribution in [0.2, 0.25) is 5.02 Å². The molecule has 1 N–H and O–H groups in total. The lowest BCUT2D eigenvalue weighted by Crippen LogP contribution is -2.61. The third kappa shape index (κ3) is 4.10. The van der Waals surface area contributed by atoms with Gasteiger partial charge in [-0.15, -0.1) is 0 Å². The van der Waals surface area contributed by atoms with Crippen LogP contribution >= 0.6 is 11.6 Å². The Morgan fingerprint density at radius 1 is 1.14 bits per heavy atom. The van der Waals surface area contributed by atoms with Crippen LogP contribution in [0.4, 0.5) is 15.9 Å². The number of methoxy groups -OCH3 is 1. The molecule has 0 aliphatic heterocycles. The van der Waals surface area contributed by atoms with Crippen molar-refractivity contribution in [3.63, 3.8) is 0 Å². The van der Waals surface area contributed by atoms with E-state index in [0.29, 0.717) is 40.4 Å². The third-order valence-electron chi connectivity index (χ3n) is 8.93. The molecule has 3 aliphatic rings. The number of aromatic nitrogens is 2. The molecule has 5 nitrogen and oxygen atoms in total. The quantitative estimate of drug-likeness (QED) is 0.322. The van der Waals surface area contributed by atoms with Gasteiger partial charge in [-0.05, 0) is 79.0 Å². The molecular weight excluding hydrogens is 465 g/mol. The summed E-state index contributed by atoms with van der Waals surface area (Å²) < 4.78 is 25.4. The van der Waals surface area contributed by atoms with Gasteiger partial charge in [-0.3, -0.25) is 0 Å². The molecule has 3 fully saturated rings. The van der Waals surface area contributed by atoms with Gasteiger partial charge in [-0.1, -0.05) is 32.4 Å². The average molecular weight is 498 g/mol. The van der Waals surface area contributed by atoms with Crippen molar-refractivity contribution in [2.45, 2.75) is 52.9 Å². The Kier molecular flexibility index (Phi) is 6.28. The molecule has 3 atom stereocenters. The van der Waals surface area contributed by atoms with Crippen LogP contribution in [0.1, 0.15) is 52.9 Å². The molecule has 1 heterocycles. The Labute approximate surface area is 211 Å². The molecule has 0 spiro atoms. The van der Waals surface area contributed by atoms with Gasteiger partial charge in [0.25, 0.3) is 0 Å². The highest BCUT2D eigenvalue weighted by Crippen LogP contribution is 2.71. The Morgan fingerprint density at radius 2 is 1.97 bits per heavy atom. The first-order valence-electron chi connectivity index (χ1n) is 12.4. The zero-order valence-electron chi connectivity index (χ0n) is 20.8. The maximum atomic E-state index is 13.6. The van der Waals surface area contributed by atoms with E-state index in [4.69, 9.17) is 21.1 Å². The monoisotopic (exact) mass is 497 g/mol. The SMILES string of the molecule is COc1cc2ncnc(Nc3ccc(F)c(Cl)c3)c2cc1OCCCC12CC(CCC1C)C2(C)C. The van der Waals surface area contributed by atoms with E-state index in [1.54, 1.807) is 13.2 Å². The molecule has 0 saturated heterocycles. The van der Waals surface area contributed by atoms with Gasteiger partial charge in [0.1, 0.15) is 18.0 Å². The smallest absolute Gasteiger partial charge is 0.162 e. The van der Waals surface area contributed by atoms with Crippen molar-refractivity contribution >= 4 is 34.0 Å². The zero-order chi connectivity index (χ0) is 24.8. The van der Waals surface area contributed by atoms with Crippen molar-refractivity contribution in [3.8, 4) is 11.5 Å². The molecule has 3 saturated carbocycles. The van der Waals surface area contributed by atoms with Gasteiger partial charge in [0.05, 0.1) is 24.3 Å². The first-order chi connectivity index (χ1) is 16.7. The number of hydrogen-bond donors (Lipinski definition) is 1. The second kappa shape index (κ2) is 9.12. The van der Waals surface area contributed by atoms with Gasteiger partial charge in [0, 0.05) is 17.1 Å². The first kappa shape index (κ1) is 24.1. The van der Waals surface area contributed by atoms with Gasteiger partial charge in [-0.25, -0.2) is 14.4 Å². The summed E-state index contributed by atoms with van der Waals surface area (Å²) in [7, 11) is 1.63.